The number of rotatable bonds is 0. The Morgan fingerprint density at radius 2 is 1.54 bits per heavy atom. The van der Waals surface area contributed by atoms with Gasteiger partial charge in [-0.3, -0.25) is 4.99 Å². The van der Waals surface area contributed by atoms with Gasteiger partial charge in [0.15, 0.2) is 0 Å². The van der Waals surface area contributed by atoms with Gasteiger partial charge in [-0.05, 0) is 19.9 Å². The maximum absolute atomic E-state index is 4.26. The lowest BCUT2D eigenvalue weighted by atomic mass is 10.1. The van der Waals surface area contributed by atoms with E-state index >= 15 is 0 Å². The van der Waals surface area contributed by atoms with Crippen molar-refractivity contribution in [3.8, 4) is 0 Å². The van der Waals surface area contributed by atoms with Gasteiger partial charge in [-0.2, -0.15) is 0 Å². The number of hydrogen-bond acceptors (Lipinski definition) is 2. The first-order chi connectivity index (χ1) is 6.10. The molecular weight excluding hydrogens is 160 g/mol. The smallest absolute Gasteiger partial charge is 0.0897 e. The fourth-order valence-corrected chi connectivity index (χ4v) is 0.621. The Kier molecular flexibility index (Phi) is 8.87. The van der Waals surface area contributed by atoms with Gasteiger partial charge in [-0.25, -0.2) is 0 Å². The average Bonchev–Trinajstić information content (AvgIpc) is 2.17. The fourth-order valence-electron chi connectivity index (χ4n) is 0.621. The molecule has 0 aromatic heterocycles. The molecule has 1 aliphatic heterocycles. The molecule has 0 N–H and O–H groups in total. The molecular formula is C11H24N2. The highest BCUT2D eigenvalue weighted by Crippen LogP contribution is 2.13. The van der Waals surface area contributed by atoms with Crippen LogP contribution < -0.4 is 0 Å². The molecule has 1 aliphatic rings. The van der Waals surface area contributed by atoms with Crippen LogP contribution >= 0.6 is 0 Å². The van der Waals surface area contributed by atoms with Crippen molar-refractivity contribution < 1.29 is 0 Å². The Balaban J connectivity index is 0. The molecule has 2 heteroatoms. The summed E-state index contributed by atoms with van der Waals surface area (Å²) in [7, 11) is 1.97. The van der Waals surface area contributed by atoms with Crippen LogP contribution in [0, 0.1) is 0 Å². The van der Waals surface area contributed by atoms with Gasteiger partial charge in [0, 0.05) is 13.2 Å². The third kappa shape index (κ3) is 7.57. The van der Waals surface area contributed by atoms with E-state index in [4.69, 9.17) is 0 Å². The van der Waals surface area contributed by atoms with Crippen LogP contribution in [-0.2, 0) is 0 Å². The van der Waals surface area contributed by atoms with E-state index in [0.717, 1.165) is 0 Å². The van der Waals surface area contributed by atoms with E-state index in [1.165, 1.54) is 0 Å². The molecule has 78 valence electrons. The molecule has 0 amide bonds. The molecule has 0 atom stereocenters. The van der Waals surface area contributed by atoms with Crippen LogP contribution in [0.25, 0.3) is 0 Å². The van der Waals surface area contributed by atoms with Gasteiger partial charge in [-0.1, -0.05) is 27.7 Å². The van der Waals surface area contributed by atoms with Gasteiger partial charge in [0.05, 0.1) is 11.9 Å². The van der Waals surface area contributed by atoms with E-state index in [1.54, 1.807) is 0 Å². The number of hydrogen-bond donors (Lipinski definition) is 0. The third-order valence-corrected chi connectivity index (χ3v) is 1.29. The topological polar surface area (TPSA) is 15.6 Å². The highest BCUT2D eigenvalue weighted by atomic mass is 15.1. The highest BCUT2D eigenvalue weighted by molar-refractivity contribution is 5.58. The SMILES string of the molecule is CC.CC.CN1C=CC(C)(C)N=C1. The predicted octanol–water partition coefficient (Wildman–Crippen LogP) is 3.30. The predicted molar refractivity (Wildman–Crippen MR) is 62.2 cm³/mol. The summed E-state index contributed by atoms with van der Waals surface area (Å²) >= 11 is 0. The standard InChI is InChI=1S/C7H12N2.2C2H6/c1-7(2)4-5-9(3)6-8-7;2*1-2/h4-6H,1-3H3;2*1-2H3. The lowest BCUT2D eigenvalue weighted by molar-refractivity contribution is 0.584. The molecule has 0 aliphatic carbocycles. The second kappa shape index (κ2) is 7.84. The summed E-state index contributed by atoms with van der Waals surface area (Å²) < 4.78 is 0. The van der Waals surface area contributed by atoms with Crippen LogP contribution in [-0.4, -0.2) is 23.8 Å². The van der Waals surface area contributed by atoms with E-state index in [0.29, 0.717) is 0 Å². The maximum atomic E-state index is 4.26. The number of aliphatic imine (C=N–C) groups is 1. The summed E-state index contributed by atoms with van der Waals surface area (Å²) in [4.78, 5) is 6.19. The molecule has 0 spiro atoms. The van der Waals surface area contributed by atoms with Gasteiger partial charge in [0.25, 0.3) is 0 Å². The molecule has 0 fully saturated rings. The van der Waals surface area contributed by atoms with Crippen molar-refractivity contribution in [1.29, 1.82) is 0 Å². The second-order valence-corrected chi connectivity index (χ2v) is 2.88. The van der Waals surface area contributed by atoms with Gasteiger partial charge >= 0.3 is 0 Å². The monoisotopic (exact) mass is 184 g/mol. The zero-order valence-corrected chi connectivity index (χ0v) is 10.1. The normalized spacial score (nSPS) is 16.7. The first kappa shape index (κ1) is 14.7. The molecule has 0 radical (unpaired) electrons. The fraction of sp³-hybridized carbons (Fsp3) is 0.727. The van der Waals surface area contributed by atoms with Crippen molar-refractivity contribution in [2.45, 2.75) is 47.1 Å². The highest BCUT2D eigenvalue weighted by Gasteiger charge is 2.12. The van der Waals surface area contributed by atoms with Crippen LogP contribution in [0.15, 0.2) is 17.3 Å². The molecule has 0 saturated heterocycles. The zero-order chi connectivity index (χ0) is 10.9. The van der Waals surface area contributed by atoms with Crippen molar-refractivity contribution in [2.24, 2.45) is 4.99 Å². The Hall–Kier alpha value is -0.790. The van der Waals surface area contributed by atoms with Crippen LogP contribution in [0.2, 0.25) is 0 Å². The molecule has 0 bridgehead atoms. The van der Waals surface area contributed by atoms with Gasteiger partial charge in [0.1, 0.15) is 0 Å². The van der Waals surface area contributed by atoms with Crippen LogP contribution in [0.5, 0.6) is 0 Å². The number of nitrogens with zero attached hydrogens (tertiary/aromatic N) is 2. The average molecular weight is 184 g/mol. The maximum Gasteiger partial charge on any atom is 0.0897 e. The first-order valence-electron chi connectivity index (χ1n) is 5.07. The zero-order valence-electron chi connectivity index (χ0n) is 10.1. The van der Waals surface area contributed by atoms with Crippen molar-refractivity contribution in [1.82, 2.24) is 4.90 Å². The van der Waals surface area contributed by atoms with Gasteiger partial charge in [-0.15, -0.1) is 0 Å². The van der Waals surface area contributed by atoms with E-state index in [2.05, 4.69) is 24.9 Å². The summed E-state index contributed by atoms with van der Waals surface area (Å²) in [6.45, 7) is 12.2. The minimum Gasteiger partial charge on any atom is -0.343 e. The van der Waals surface area contributed by atoms with Crippen molar-refractivity contribution in [3.63, 3.8) is 0 Å². The molecule has 0 saturated carbocycles. The van der Waals surface area contributed by atoms with E-state index < -0.39 is 0 Å². The van der Waals surface area contributed by atoms with E-state index in [1.807, 2.05) is 52.2 Å². The lowest BCUT2D eigenvalue weighted by Gasteiger charge is -2.21. The summed E-state index contributed by atoms with van der Waals surface area (Å²) in [6, 6.07) is 0. The first-order valence-corrected chi connectivity index (χ1v) is 5.07. The summed E-state index contributed by atoms with van der Waals surface area (Å²) in [5, 5.41) is 0. The molecule has 1 heterocycles. The quantitative estimate of drug-likeness (QED) is 0.564. The Morgan fingerprint density at radius 1 is 1.08 bits per heavy atom. The molecule has 0 aromatic rings. The van der Waals surface area contributed by atoms with Crippen molar-refractivity contribution >= 4 is 6.34 Å². The van der Waals surface area contributed by atoms with Crippen molar-refractivity contribution in [2.75, 3.05) is 7.05 Å². The van der Waals surface area contributed by atoms with Crippen LogP contribution in [0.3, 0.4) is 0 Å². The van der Waals surface area contributed by atoms with E-state index in [-0.39, 0.29) is 5.54 Å². The molecule has 0 unspecified atom stereocenters. The lowest BCUT2D eigenvalue weighted by Crippen LogP contribution is -2.22. The molecule has 13 heavy (non-hydrogen) atoms. The van der Waals surface area contributed by atoms with Crippen molar-refractivity contribution in [3.05, 3.63) is 12.3 Å². The minimum absolute atomic E-state index is 0.00646. The summed E-state index contributed by atoms with van der Waals surface area (Å²) in [5.41, 5.74) is 0.00646. The van der Waals surface area contributed by atoms with E-state index in [9.17, 15) is 0 Å². The van der Waals surface area contributed by atoms with Crippen LogP contribution in [0.1, 0.15) is 41.5 Å². The molecule has 1 rings (SSSR count). The molecule has 2 nitrogen and oxygen atoms in total. The van der Waals surface area contributed by atoms with Gasteiger partial charge in [0.2, 0.25) is 0 Å². The Morgan fingerprint density at radius 3 is 1.77 bits per heavy atom. The van der Waals surface area contributed by atoms with Crippen LogP contribution in [0.4, 0.5) is 0 Å². The minimum atomic E-state index is 0.00646. The second-order valence-electron chi connectivity index (χ2n) is 2.88. The Bertz CT molecular complexity index is 141. The largest absolute Gasteiger partial charge is 0.343 e. The summed E-state index contributed by atoms with van der Waals surface area (Å²) in [6.07, 6.45) is 5.93. The Labute approximate surface area is 83.4 Å². The molecule has 0 aromatic carbocycles. The summed E-state index contributed by atoms with van der Waals surface area (Å²) in [5.74, 6) is 0. The van der Waals surface area contributed by atoms with Gasteiger partial charge < -0.3 is 4.90 Å². The third-order valence-electron chi connectivity index (χ3n) is 1.29.